The number of carbonyl (C=O) groups excluding carboxylic acids is 1. The summed E-state index contributed by atoms with van der Waals surface area (Å²) in [7, 11) is 0. The van der Waals surface area contributed by atoms with Crippen LogP contribution in [0.15, 0.2) is 0 Å². The number of carbonyl (C=O) groups is 1. The van der Waals surface area contributed by atoms with Crippen LogP contribution in [0.3, 0.4) is 0 Å². The summed E-state index contributed by atoms with van der Waals surface area (Å²) >= 11 is 1.01. The number of hydrogen-bond acceptors (Lipinski definition) is 5. The molecule has 1 aromatic rings. The van der Waals surface area contributed by atoms with Gasteiger partial charge in [-0.15, -0.1) is 10.2 Å². The van der Waals surface area contributed by atoms with Crippen LogP contribution in [0.2, 0.25) is 0 Å². The van der Waals surface area contributed by atoms with Crippen molar-refractivity contribution in [3.8, 4) is 0 Å². The van der Waals surface area contributed by atoms with Crippen molar-refractivity contribution in [1.29, 1.82) is 0 Å². The summed E-state index contributed by atoms with van der Waals surface area (Å²) in [5, 5.41) is 17.4. The van der Waals surface area contributed by atoms with Crippen LogP contribution in [0.5, 0.6) is 0 Å². The first-order valence-electron chi connectivity index (χ1n) is 2.21. The molecule has 0 amide bonds. The molecule has 0 atom stereocenters. The van der Waals surface area contributed by atoms with Gasteiger partial charge in [0.05, 0.1) is 0 Å². The topological polar surface area (TPSA) is 65.9 Å². The zero-order valence-corrected chi connectivity index (χ0v) is 9.56. The van der Waals surface area contributed by atoms with Gasteiger partial charge in [-0.1, -0.05) is 11.3 Å². The third-order valence-electron chi connectivity index (χ3n) is 0.701. The minimum atomic E-state index is -1.26. The van der Waals surface area contributed by atoms with Gasteiger partial charge < -0.3 is 9.90 Å². The Morgan fingerprint density at radius 2 is 2.20 bits per heavy atom. The van der Waals surface area contributed by atoms with E-state index in [2.05, 4.69) is 10.2 Å². The molecule has 0 bridgehead atoms. The molecule has 0 saturated carbocycles. The fourth-order valence-electron chi connectivity index (χ4n) is 0.379. The number of hydrogen-bond donors (Lipinski definition) is 0. The van der Waals surface area contributed by atoms with Crippen LogP contribution in [0.4, 0.5) is 0 Å². The van der Waals surface area contributed by atoms with E-state index in [1.807, 2.05) is 0 Å². The van der Waals surface area contributed by atoms with Gasteiger partial charge in [-0.3, -0.25) is 0 Å². The fraction of sp³-hybridized carbons (Fsp3) is 0.250. The Hall–Kier alpha value is 0.666. The van der Waals surface area contributed by atoms with Crippen molar-refractivity contribution in [3.05, 3.63) is 10.0 Å². The molecule has 0 saturated heterocycles. The van der Waals surface area contributed by atoms with E-state index in [1.54, 1.807) is 6.92 Å². The van der Waals surface area contributed by atoms with Crippen molar-refractivity contribution in [3.63, 3.8) is 0 Å². The van der Waals surface area contributed by atoms with Gasteiger partial charge in [0.1, 0.15) is 11.0 Å². The van der Waals surface area contributed by atoms with E-state index in [-0.39, 0.29) is 56.4 Å². The smallest absolute Gasteiger partial charge is 0.542 e. The van der Waals surface area contributed by atoms with Crippen LogP contribution in [-0.2, 0) is 0 Å². The maximum absolute atomic E-state index is 10.0. The van der Waals surface area contributed by atoms with Crippen molar-refractivity contribution >= 4 is 17.3 Å². The number of carboxylic acids is 1. The normalized spacial score (nSPS) is 8.50. The zero-order valence-electron chi connectivity index (χ0n) is 5.62. The molecule has 0 N–H and O–H groups in total. The molecule has 0 spiro atoms. The quantitative estimate of drug-likeness (QED) is 0.418. The number of nitrogens with zero attached hydrogens (tertiary/aromatic N) is 2. The molecular weight excluding hydrogens is 179 g/mol. The largest absolute Gasteiger partial charge is 1.00 e. The summed E-state index contributed by atoms with van der Waals surface area (Å²) in [4.78, 5) is 10.0. The Morgan fingerprint density at radius 3 is 2.40 bits per heavy atom. The predicted octanol–water partition coefficient (Wildman–Crippen LogP) is -3.79. The standard InChI is InChI=1S/C4H4N2O2S.K/c1-2-5-6-3(9-2)4(7)8;/h1H3,(H,7,8);/q;+1/p-1. The molecule has 0 fully saturated rings. The minimum absolute atomic E-state index is 0. The van der Waals surface area contributed by atoms with Gasteiger partial charge in [0, 0.05) is 0 Å². The molecule has 0 aliphatic rings. The Kier molecular flexibility index (Phi) is 4.83. The Balaban J connectivity index is 0.000000810. The molecule has 10 heavy (non-hydrogen) atoms. The molecule has 0 aliphatic carbocycles. The van der Waals surface area contributed by atoms with E-state index in [4.69, 9.17) is 0 Å². The summed E-state index contributed by atoms with van der Waals surface area (Å²) in [6.07, 6.45) is 0. The zero-order chi connectivity index (χ0) is 6.85. The molecule has 0 radical (unpaired) electrons. The second kappa shape index (κ2) is 4.53. The Labute approximate surface area is 104 Å². The van der Waals surface area contributed by atoms with E-state index < -0.39 is 5.97 Å². The van der Waals surface area contributed by atoms with Crippen molar-refractivity contribution in [2.24, 2.45) is 0 Å². The third-order valence-corrected chi connectivity index (χ3v) is 1.52. The first-order valence-corrected chi connectivity index (χ1v) is 3.03. The van der Waals surface area contributed by atoms with Gasteiger partial charge in [0.2, 0.25) is 0 Å². The molecule has 4 nitrogen and oxygen atoms in total. The summed E-state index contributed by atoms with van der Waals surface area (Å²) in [5.74, 6) is -1.26. The van der Waals surface area contributed by atoms with Gasteiger partial charge in [0.25, 0.3) is 0 Å². The molecule has 0 unspecified atom stereocenters. The average Bonchev–Trinajstić information content (AvgIpc) is 2.14. The monoisotopic (exact) mass is 182 g/mol. The SMILES string of the molecule is Cc1nnc(C(=O)[O-])s1.[K+]. The Morgan fingerprint density at radius 1 is 1.60 bits per heavy atom. The van der Waals surface area contributed by atoms with Crippen molar-refractivity contribution < 1.29 is 61.3 Å². The number of aromatic nitrogens is 2. The van der Waals surface area contributed by atoms with Crippen molar-refractivity contribution in [2.45, 2.75) is 6.92 Å². The predicted molar refractivity (Wildman–Crippen MR) is 29.0 cm³/mol. The number of carboxylic acid groups (broad SMARTS) is 1. The number of aromatic carboxylic acids is 1. The van der Waals surface area contributed by atoms with Gasteiger partial charge in [-0.25, -0.2) is 0 Å². The van der Waals surface area contributed by atoms with Gasteiger partial charge in [-0.2, -0.15) is 0 Å². The van der Waals surface area contributed by atoms with E-state index in [0.29, 0.717) is 5.01 Å². The second-order valence-electron chi connectivity index (χ2n) is 1.41. The fourth-order valence-corrected chi connectivity index (χ4v) is 0.906. The minimum Gasteiger partial charge on any atom is -0.542 e. The molecule has 0 aromatic carbocycles. The number of aryl methyl sites for hydroxylation is 1. The van der Waals surface area contributed by atoms with E-state index >= 15 is 0 Å². The van der Waals surface area contributed by atoms with Crippen LogP contribution in [-0.4, -0.2) is 16.2 Å². The molecule has 1 aromatic heterocycles. The first kappa shape index (κ1) is 10.7. The Bertz CT molecular complexity index is 237. The summed E-state index contributed by atoms with van der Waals surface area (Å²) in [5.41, 5.74) is 0. The summed E-state index contributed by atoms with van der Waals surface area (Å²) in [6, 6.07) is 0. The van der Waals surface area contributed by atoms with Crippen molar-refractivity contribution in [1.82, 2.24) is 10.2 Å². The molecule has 6 heteroatoms. The molecule has 48 valence electrons. The molecular formula is C4H3KN2O2S. The summed E-state index contributed by atoms with van der Waals surface area (Å²) in [6.45, 7) is 1.68. The average molecular weight is 182 g/mol. The van der Waals surface area contributed by atoms with Crippen molar-refractivity contribution in [2.75, 3.05) is 0 Å². The van der Waals surface area contributed by atoms with Gasteiger partial charge in [-0.05, 0) is 6.92 Å². The van der Waals surface area contributed by atoms with Crippen LogP contribution in [0.1, 0.15) is 14.8 Å². The maximum Gasteiger partial charge on any atom is 1.00 e. The van der Waals surface area contributed by atoms with E-state index in [0.717, 1.165) is 11.3 Å². The molecule has 1 heterocycles. The summed E-state index contributed by atoms with van der Waals surface area (Å²) < 4.78 is 0. The molecule has 0 aliphatic heterocycles. The van der Waals surface area contributed by atoms with Crippen LogP contribution >= 0.6 is 11.3 Å². The first-order chi connectivity index (χ1) is 4.20. The second-order valence-corrected chi connectivity index (χ2v) is 2.60. The number of rotatable bonds is 1. The van der Waals surface area contributed by atoms with E-state index in [9.17, 15) is 9.90 Å². The van der Waals surface area contributed by atoms with Crippen LogP contribution in [0.25, 0.3) is 0 Å². The third kappa shape index (κ3) is 2.73. The van der Waals surface area contributed by atoms with Crippen LogP contribution < -0.4 is 56.5 Å². The molecule has 1 rings (SSSR count). The van der Waals surface area contributed by atoms with Gasteiger partial charge in [0.15, 0.2) is 5.01 Å². The van der Waals surface area contributed by atoms with E-state index in [1.165, 1.54) is 0 Å². The van der Waals surface area contributed by atoms with Crippen LogP contribution in [0, 0.1) is 6.92 Å². The van der Waals surface area contributed by atoms with Gasteiger partial charge >= 0.3 is 51.4 Å². The maximum atomic E-state index is 10.0.